The van der Waals surface area contributed by atoms with E-state index < -0.39 is 0 Å². The molecule has 0 aliphatic carbocycles. The third-order valence-electron chi connectivity index (χ3n) is 5.08. The second kappa shape index (κ2) is 17.2. The highest BCUT2D eigenvalue weighted by Gasteiger charge is 2.12. The predicted octanol–water partition coefficient (Wildman–Crippen LogP) is 5.85. The number of hydrogen-bond acceptors (Lipinski definition) is 8. The number of benzene rings is 2. The van der Waals surface area contributed by atoms with Gasteiger partial charge in [-0.15, -0.1) is 0 Å². The number of ketones is 2. The van der Waals surface area contributed by atoms with E-state index in [0.29, 0.717) is 21.3 Å². The van der Waals surface area contributed by atoms with Crippen LogP contribution in [0.3, 0.4) is 0 Å². The molecule has 8 nitrogen and oxygen atoms in total. The molecule has 0 unspecified atom stereocenters. The number of nitrogens with two attached hydrogens (primary N) is 2. The summed E-state index contributed by atoms with van der Waals surface area (Å²) in [5.41, 5.74) is 1.33. The minimum absolute atomic E-state index is 0.0187. The van der Waals surface area contributed by atoms with Crippen LogP contribution in [0.1, 0.15) is 53.4 Å². The lowest BCUT2D eigenvalue weighted by molar-refractivity contribution is -0.125. The molecule has 0 bridgehead atoms. The van der Waals surface area contributed by atoms with E-state index in [9.17, 15) is 19.2 Å². The van der Waals surface area contributed by atoms with Gasteiger partial charge in [-0.05, 0) is 60.3 Å². The van der Waals surface area contributed by atoms with Crippen LogP contribution in [-0.2, 0) is 19.2 Å². The Labute approximate surface area is 232 Å². The first-order valence-corrected chi connectivity index (χ1v) is 13.9. The number of amides is 2. The summed E-state index contributed by atoms with van der Waals surface area (Å²) >= 11 is 8.06. The standard InChI is InChI=1S/C13H17ClN2O2S.C13H18N2O2S/c1-8(2)11(17)5-6-13(18)16-9-3-4-10(14)12(7-9)19-15;1-9(2)12(16)6-7-13(17)15-10-4-3-5-11(8-10)18-14/h3-4,7-8H,5-6,15H2,1-2H3,(H,16,18);3-5,8-9H,6-7,14H2,1-2H3,(H,15,17). The van der Waals surface area contributed by atoms with Gasteiger partial charge in [-0.2, -0.15) is 0 Å². The van der Waals surface area contributed by atoms with Gasteiger partial charge >= 0.3 is 0 Å². The zero-order valence-electron chi connectivity index (χ0n) is 21.5. The highest BCUT2D eigenvalue weighted by atomic mass is 35.5. The Hall–Kier alpha value is -2.37. The Morgan fingerprint density at radius 1 is 0.757 bits per heavy atom. The molecule has 0 saturated heterocycles. The third-order valence-corrected chi connectivity index (χ3v) is 6.64. The van der Waals surface area contributed by atoms with E-state index in [4.69, 9.17) is 21.9 Å². The summed E-state index contributed by atoms with van der Waals surface area (Å²) in [4.78, 5) is 47.7. The molecule has 0 aliphatic rings. The molecule has 0 saturated carbocycles. The quantitative estimate of drug-likeness (QED) is 0.234. The number of hydrogen-bond donors (Lipinski definition) is 4. The Morgan fingerprint density at radius 3 is 1.73 bits per heavy atom. The first-order valence-electron chi connectivity index (χ1n) is 11.7. The number of anilines is 2. The van der Waals surface area contributed by atoms with Crippen LogP contribution >= 0.6 is 35.5 Å². The highest BCUT2D eigenvalue weighted by molar-refractivity contribution is 7.97. The van der Waals surface area contributed by atoms with Gasteiger partial charge in [0.05, 0.1) is 5.02 Å². The average Bonchev–Trinajstić information content (AvgIpc) is 2.87. The molecular formula is C26H35ClN4O4S2. The zero-order valence-corrected chi connectivity index (χ0v) is 23.9. The SMILES string of the molecule is CC(C)C(=O)CCC(=O)Nc1ccc(Cl)c(SN)c1.CC(C)C(=O)CCC(=O)Nc1cccc(SN)c1. The van der Waals surface area contributed by atoms with Gasteiger partial charge < -0.3 is 10.6 Å². The topological polar surface area (TPSA) is 144 Å². The molecule has 0 aliphatic heterocycles. The molecule has 0 fully saturated rings. The van der Waals surface area contributed by atoms with Crippen LogP contribution < -0.4 is 20.9 Å². The van der Waals surface area contributed by atoms with E-state index in [1.807, 2.05) is 39.8 Å². The fourth-order valence-electron chi connectivity index (χ4n) is 2.82. The summed E-state index contributed by atoms with van der Waals surface area (Å²) in [6.45, 7) is 7.32. The molecule has 0 aromatic heterocycles. The van der Waals surface area contributed by atoms with Crippen molar-refractivity contribution in [1.29, 1.82) is 0 Å². The van der Waals surface area contributed by atoms with Crippen molar-refractivity contribution in [2.75, 3.05) is 10.6 Å². The summed E-state index contributed by atoms with van der Waals surface area (Å²) in [5.74, 6) is -0.202. The Bertz CT molecular complexity index is 1080. The van der Waals surface area contributed by atoms with Gasteiger partial charge in [0.1, 0.15) is 11.6 Å². The van der Waals surface area contributed by atoms with Crippen LogP contribution in [-0.4, -0.2) is 23.4 Å². The molecule has 0 radical (unpaired) electrons. The second-order valence-electron chi connectivity index (χ2n) is 8.75. The fraction of sp³-hybridized carbons (Fsp3) is 0.385. The van der Waals surface area contributed by atoms with E-state index in [1.165, 1.54) is 0 Å². The summed E-state index contributed by atoms with van der Waals surface area (Å²) in [6, 6.07) is 12.4. The van der Waals surface area contributed by atoms with Crippen molar-refractivity contribution in [3.63, 3.8) is 0 Å². The highest BCUT2D eigenvalue weighted by Crippen LogP contribution is 2.26. The van der Waals surface area contributed by atoms with Crippen LogP contribution in [0, 0.1) is 11.8 Å². The molecule has 202 valence electrons. The molecule has 6 N–H and O–H groups in total. The Kier molecular flexibility index (Phi) is 15.2. The molecule has 0 atom stereocenters. The lowest BCUT2D eigenvalue weighted by Gasteiger charge is -2.08. The molecule has 2 aromatic carbocycles. The summed E-state index contributed by atoms with van der Waals surface area (Å²) in [5, 5.41) is 16.9. The second-order valence-corrected chi connectivity index (χ2v) is 10.5. The minimum Gasteiger partial charge on any atom is -0.326 e. The zero-order chi connectivity index (χ0) is 28.0. The molecular weight excluding hydrogens is 532 g/mol. The minimum atomic E-state index is -0.190. The monoisotopic (exact) mass is 566 g/mol. The van der Waals surface area contributed by atoms with Crippen molar-refractivity contribution < 1.29 is 19.2 Å². The molecule has 0 spiro atoms. The maximum absolute atomic E-state index is 11.7. The Morgan fingerprint density at radius 2 is 1.27 bits per heavy atom. The molecule has 11 heteroatoms. The van der Waals surface area contributed by atoms with Crippen LogP contribution in [0.25, 0.3) is 0 Å². The van der Waals surface area contributed by atoms with Gasteiger partial charge in [0.2, 0.25) is 11.8 Å². The van der Waals surface area contributed by atoms with E-state index in [0.717, 1.165) is 28.8 Å². The number of Topliss-reactive ketones (excluding diaryl/α,β-unsaturated/α-hetero) is 2. The summed E-state index contributed by atoms with van der Waals surface area (Å²) in [7, 11) is 0. The number of halogens is 1. The van der Waals surface area contributed by atoms with Gasteiger partial charge in [0.25, 0.3) is 0 Å². The maximum Gasteiger partial charge on any atom is 0.224 e. The first-order chi connectivity index (χ1) is 17.5. The van der Waals surface area contributed by atoms with Gasteiger partial charge in [-0.3, -0.25) is 29.5 Å². The summed E-state index contributed by atoms with van der Waals surface area (Å²) in [6.07, 6.45) is 0.951. The van der Waals surface area contributed by atoms with Crippen LogP contribution in [0.15, 0.2) is 52.3 Å². The van der Waals surface area contributed by atoms with Gasteiger partial charge in [0.15, 0.2) is 0 Å². The number of nitrogens with one attached hydrogen (secondary N) is 2. The summed E-state index contributed by atoms with van der Waals surface area (Å²) < 4.78 is 0. The normalized spacial score (nSPS) is 10.5. The van der Waals surface area contributed by atoms with Crippen LogP contribution in [0.5, 0.6) is 0 Å². The van der Waals surface area contributed by atoms with Crippen LogP contribution in [0.4, 0.5) is 11.4 Å². The fourth-order valence-corrected chi connectivity index (χ4v) is 3.80. The number of rotatable bonds is 12. The maximum atomic E-state index is 11.7. The lowest BCUT2D eigenvalue weighted by Crippen LogP contribution is -2.15. The molecule has 2 aromatic rings. The van der Waals surface area contributed by atoms with E-state index in [1.54, 1.807) is 30.3 Å². The molecule has 2 amide bonds. The van der Waals surface area contributed by atoms with Crippen molar-refractivity contribution in [2.45, 2.75) is 63.2 Å². The van der Waals surface area contributed by atoms with E-state index >= 15 is 0 Å². The van der Waals surface area contributed by atoms with Crippen LogP contribution in [0.2, 0.25) is 5.02 Å². The van der Waals surface area contributed by atoms with Crippen molar-refractivity contribution in [3.8, 4) is 0 Å². The number of carbonyl (C=O) groups excluding carboxylic acids is 4. The van der Waals surface area contributed by atoms with E-state index in [-0.39, 0.29) is 60.9 Å². The third kappa shape index (κ3) is 13.1. The first kappa shape index (κ1) is 32.7. The Balaban J connectivity index is 0.000000371. The largest absolute Gasteiger partial charge is 0.326 e. The van der Waals surface area contributed by atoms with Gasteiger partial charge in [-0.1, -0.05) is 45.4 Å². The lowest BCUT2D eigenvalue weighted by atomic mass is 10.0. The molecule has 37 heavy (non-hydrogen) atoms. The van der Waals surface area contributed by atoms with Crippen molar-refractivity contribution in [3.05, 3.63) is 47.5 Å². The smallest absolute Gasteiger partial charge is 0.224 e. The van der Waals surface area contributed by atoms with Crippen molar-refractivity contribution in [2.24, 2.45) is 22.1 Å². The number of carbonyl (C=O) groups is 4. The van der Waals surface area contributed by atoms with Crippen molar-refractivity contribution in [1.82, 2.24) is 0 Å². The van der Waals surface area contributed by atoms with E-state index in [2.05, 4.69) is 10.6 Å². The predicted molar refractivity (Wildman–Crippen MR) is 153 cm³/mol. The molecule has 0 heterocycles. The average molecular weight is 567 g/mol. The van der Waals surface area contributed by atoms with Crippen molar-refractivity contribution >= 4 is 70.3 Å². The van der Waals surface area contributed by atoms with Gasteiger partial charge in [0, 0.05) is 58.7 Å². The molecule has 2 rings (SSSR count). The van der Waals surface area contributed by atoms with Gasteiger partial charge in [-0.25, -0.2) is 0 Å².